The molecule has 0 saturated heterocycles. The molecule has 0 radical (unpaired) electrons. The van der Waals surface area contributed by atoms with Crippen LogP contribution in [0, 0.1) is 0 Å². The third-order valence-corrected chi connectivity index (χ3v) is 5.42. The Morgan fingerprint density at radius 3 is 1.88 bits per heavy atom. The second kappa shape index (κ2) is 16.1. The van der Waals surface area contributed by atoms with Crippen LogP contribution in [0.25, 0.3) is 0 Å². The minimum atomic E-state index is -0.154. The van der Waals surface area contributed by atoms with Crippen LogP contribution in [-0.2, 0) is 0 Å². The number of urea groups is 1. The molecule has 4 nitrogen and oxygen atoms in total. The molecule has 1 aromatic heterocycles. The minimum absolute atomic E-state index is 0.0489. The molecule has 1 rings (SSSR count). The topological polar surface area (TPSA) is 54.0 Å². The molecule has 176 valence electrons. The predicted octanol–water partition coefficient (Wildman–Crippen LogP) is 7.59. The normalized spacial score (nSPS) is 13.5. The smallest absolute Gasteiger partial charge is 0.315 e. The lowest BCUT2D eigenvalue weighted by Crippen LogP contribution is -2.37. The Hall–Kier alpha value is -2.62. The van der Waals surface area contributed by atoms with Gasteiger partial charge in [0.15, 0.2) is 0 Å². The third kappa shape index (κ3) is 13.6. The number of amides is 2. The number of hydrogen-bond acceptors (Lipinski definition) is 2. The minimum Gasteiger partial charge on any atom is -0.335 e. The van der Waals surface area contributed by atoms with Gasteiger partial charge in [0.2, 0.25) is 0 Å². The van der Waals surface area contributed by atoms with Gasteiger partial charge in [0, 0.05) is 18.9 Å². The summed E-state index contributed by atoms with van der Waals surface area (Å²) in [4.78, 5) is 16.1. The number of nitrogens with one attached hydrogen (secondary N) is 2. The fraction of sp³-hybridized carbons (Fsp3) is 0.500. The summed E-state index contributed by atoms with van der Waals surface area (Å²) in [6.45, 7) is 13.4. The quantitative estimate of drug-likeness (QED) is 0.312. The highest BCUT2D eigenvalue weighted by atomic mass is 16.2. The maximum atomic E-state index is 12.1. The molecule has 1 heterocycles. The van der Waals surface area contributed by atoms with Gasteiger partial charge >= 0.3 is 6.03 Å². The zero-order valence-corrected chi connectivity index (χ0v) is 21.0. The summed E-state index contributed by atoms with van der Waals surface area (Å²) < 4.78 is 0. The Morgan fingerprint density at radius 1 is 0.844 bits per heavy atom. The molecule has 32 heavy (non-hydrogen) atoms. The molecule has 0 aliphatic carbocycles. The van der Waals surface area contributed by atoms with Gasteiger partial charge in [-0.1, -0.05) is 46.6 Å². The lowest BCUT2D eigenvalue weighted by Gasteiger charge is -2.14. The van der Waals surface area contributed by atoms with E-state index in [1.165, 1.54) is 22.3 Å². The monoisotopic (exact) mass is 437 g/mol. The molecule has 0 saturated carbocycles. The van der Waals surface area contributed by atoms with E-state index in [1.807, 2.05) is 19.1 Å². The Morgan fingerprint density at radius 2 is 1.34 bits per heavy atom. The van der Waals surface area contributed by atoms with Gasteiger partial charge in [-0.05, 0) is 97.8 Å². The summed E-state index contributed by atoms with van der Waals surface area (Å²) >= 11 is 0. The van der Waals surface area contributed by atoms with Crippen molar-refractivity contribution >= 4 is 6.03 Å². The van der Waals surface area contributed by atoms with Crippen molar-refractivity contribution in [1.29, 1.82) is 0 Å². The summed E-state index contributed by atoms with van der Waals surface area (Å²) in [6, 6.07) is 3.62. The SMILES string of the molecule is CC(C)=CCC/C(C)=C/CC/C(C)=C/CC/C(C)=C/CNC(=O)NC(C)c1ccncc1. The number of allylic oxidation sites excluding steroid dienone is 7. The number of pyridine rings is 1. The van der Waals surface area contributed by atoms with Crippen molar-refractivity contribution in [3.63, 3.8) is 0 Å². The van der Waals surface area contributed by atoms with Crippen LogP contribution in [0.15, 0.2) is 71.1 Å². The highest BCUT2D eigenvalue weighted by Crippen LogP contribution is 2.13. The van der Waals surface area contributed by atoms with Crippen molar-refractivity contribution < 1.29 is 4.79 Å². The molecular formula is C28H43N3O. The van der Waals surface area contributed by atoms with Gasteiger partial charge in [-0.15, -0.1) is 0 Å². The van der Waals surface area contributed by atoms with Crippen molar-refractivity contribution in [3.8, 4) is 0 Å². The number of rotatable bonds is 13. The van der Waals surface area contributed by atoms with E-state index in [0.29, 0.717) is 6.54 Å². The zero-order chi connectivity index (χ0) is 23.8. The molecule has 0 aliphatic heterocycles. The fourth-order valence-corrected chi connectivity index (χ4v) is 3.29. The Balaban J connectivity index is 2.24. The average Bonchev–Trinajstić information content (AvgIpc) is 2.74. The molecule has 4 heteroatoms. The second-order valence-electron chi connectivity index (χ2n) is 8.91. The van der Waals surface area contributed by atoms with Gasteiger partial charge in [-0.3, -0.25) is 4.98 Å². The van der Waals surface area contributed by atoms with Crippen molar-refractivity contribution in [1.82, 2.24) is 15.6 Å². The first kappa shape index (κ1) is 27.4. The number of carbonyl (C=O) groups excluding carboxylic acids is 1. The van der Waals surface area contributed by atoms with E-state index in [-0.39, 0.29) is 12.1 Å². The van der Waals surface area contributed by atoms with Crippen LogP contribution in [-0.4, -0.2) is 17.6 Å². The van der Waals surface area contributed by atoms with Crippen molar-refractivity contribution in [2.45, 2.75) is 86.1 Å². The maximum absolute atomic E-state index is 12.1. The van der Waals surface area contributed by atoms with E-state index in [9.17, 15) is 4.79 Å². The molecule has 0 spiro atoms. The van der Waals surface area contributed by atoms with Crippen LogP contribution < -0.4 is 10.6 Å². The van der Waals surface area contributed by atoms with Crippen LogP contribution in [0.3, 0.4) is 0 Å². The van der Waals surface area contributed by atoms with E-state index in [1.54, 1.807) is 12.4 Å². The molecule has 2 amide bonds. The van der Waals surface area contributed by atoms with E-state index in [4.69, 9.17) is 0 Å². The Bertz CT molecular complexity index is 799. The summed E-state index contributed by atoms with van der Waals surface area (Å²) in [5, 5.41) is 5.85. The van der Waals surface area contributed by atoms with Crippen molar-refractivity contribution in [2.75, 3.05) is 6.54 Å². The van der Waals surface area contributed by atoms with Crippen molar-refractivity contribution in [3.05, 3.63) is 76.7 Å². The standard InChI is InChI=1S/C28H43N3O/c1-22(2)10-7-11-23(3)12-8-13-24(4)14-9-15-25(5)16-21-30-28(32)31-26(6)27-17-19-29-20-18-27/h10,12,14,16-20,26H,7-9,11,13,15,21H2,1-6H3,(H2,30,31,32)/b23-12+,24-14+,25-16+. The first-order valence-electron chi connectivity index (χ1n) is 11.8. The molecule has 1 unspecified atom stereocenters. The summed E-state index contributed by atoms with van der Waals surface area (Å²) in [6.07, 6.45) is 19.2. The molecule has 0 fully saturated rings. The first-order valence-corrected chi connectivity index (χ1v) is 11.8. The lowest BCUT2D eigenvalue weighted by molar-refractivity contribution is 0.239. The lowest BCUT2D eigenvalue weighted by atomic mass is 10.0. The zero-order valence-electron chi connectivity index (χ0n) is 21.0. The highest BCUT2D eigenvalue weighted by molar-refractivity contribution is 5.74. The van der Waals surface area contributed by atoms with Crippen LogP contribution in [0.5, 0.6) is 0 Å². The van der Waals surface area contributed by atoms with Gasteiger partial charge < -0.3 is 10.6 Å². The number of hydrogen-bond donors (Lipinski definition) is 2. The van der Waals surface area contributed by atoms with Crippen LogP contribution in [0.2, 0.25) is 0 Å². The van der Waals surface area contributed by atoms with Gasteiger partial charge in [0.25, 0.3) is 0 Å². The number of carbonyl (C=O) groups is 1. The van der Waals surface area contributed by atoms with Crippen LogP contribution in [0.1, 0.15) is 91.7 Å². The van der Waals surface area contributed by atoms with E-state index in [0.717, 1.165) is 44.1 Å². The van der Waals surface area contributed by atoms with E-state index >= 15 is 0 Å². The molecule has 0 aromatic carbocycles. The van der Waals surface area contributed by atoms with Crippen LogP contribution in [0.4, 0.5) is 4.79 Å². The summed E-state index contributed by atoms with van der Waals surface area (Å²) in [7, 11) is 0. The molecule has 2 N–H and O–H groups in total. The van der Waals surface area contributed by atoms with Crippen LogP contribution >= 0.6 is 0 Å². The molecular weight excluding hydrogens is 394 g/mol. The second-order valence-corrected chi connectivity index (χ2v) is 8.91. The number of aromatic nitrogens is 1. The average molecular weight is 438 g/mol. The molecule has 0 bridgehead atoms. The van der Waals surface area contributed by atoms with E-state index < -0.39 is 0 Å². The number of nitrogens with zero attached hydrogens (tertiary/aromatic N) is 1. The Labute approximate surface area is 196 Å². The maximum Gasteiger partial charge on any atom is 0.315 e. The van der Waals surface area contributed by atoms with Gasteiger partial charge in [-0.25, -0.2) is 4.79 Å². The Kier molecular flexibility index (Phi) is 13.8. The molecule has 1 aromatic rings. The fourth-order valence-electron chi connectivity index (χ4n) is 3.29. The van der Waals surface area contributed by atoms with Gasteiger partial charge in [-0.2, -0.15) is 0 Å². The van der Waals surface area contributed by atoms with Gasteiger partial charge in [0.05, 0.1) is 6.04 Å². The summed E-state index contributed by atoms with van der Waals surface area (Å²) in [5.41, 5.74) is 6.68. The van der Waals surface area contributed by atoms with E-state index in [2.05, 4.69) is 74.5 Å². The largest absolute Gasteiger partial charge is 0.335 e. The van der Waals surface area contributed by atoms with Gasteiger partial charge in [0.1, 0.15) is 0 Å². The predicted molar refractivity (Wildman–Crippen MR) is 138 cm³/mol. The van der Waals surface area contributed by atoms with Crippen molar-refractivity contribution in [2.24, 2.45) is 0 Å². The highest BCUT2D eigenvalue weighted by Gasteiger charge is 2.07. The summed E-state index contributed by atoms with van der Waals surface area (Å²) in [5.74, 6) is 0. The first-order chi connectivity index (χ1) is 15.3. The molecule has 0 aliphatic rings. The molecule has 1 atom stereocenters. The third-order valence-electron chi connectivity index (χ3n) is 5.42.